The third-order valence-corrected chi connectivity index (χ3v) is 5.36. The number of hydrogen-bond acceptors (Lipinski definition) is 2. The summed E-state index contributed by atoms with van der Waals surface area (Å²) in [6.45, 7) is 6.16. The number of likely N-dealkylation sites (tertiary alicyclic amines) is 1. The Morgan fingerprint density at radius 3 is 2.28 bits per heavy atom. The van der Waals surface area contributed by atoms with Crippen LogP contribution in [-0.2, 0) is 0 Å². The van der Waals surface area contributed by atoms with E-state index in [0.29, 0.717) is 17.9 Å². The van der Waals surface area contributed by atoms with E-state index in [1.165, 1.54) is 0 Å². The normalized spacial score (nSPS) is 20.5. The highest BCUT2D eigenvalue weighted by atomic mass is 16.2. The zero-order chi connectivity index (χ0) is 18.0. The Hall–Kier alpha value is -2.13. The van der Waals surface area contributed by atoms with Crippen LogP contribution in [0.25, 0.3) is 11.1 Å². The van der Waals surface area contributed by atoms with Gasteiger partial charge in [0.25, 0.3) is 5.91 Å². The summed E-state index contributed by atoms with van der Waals surface area (Å²) in [4.78, 5) is 17.4. The highest BCUT2D eigenvalue weighted by Crippen LogP contribution is 2.29. The molecule has 0 aliphatic carbocycles. The van der Waals surface area contributed by atoms with Crippen LogP contribution in [0.15, 0.2) is 54.6 Å². The van der Waals surface area contributed by atoms with Crippen molar-refractivity contribution >= 4 is 5.91 Å². The van der Waals surface area contributed by atoms with E-state index in [1.807, 2.05) is 41.3 Å². The molecule has 0 aromatic heterocycles. The third-order valence-electron chi connectivity index (χ3n) is 5.36. The second-order valence-electron chi connectivity index (χ2n) is 7.60. The van der Waals surface area contributed by atoms with Crippen molar-refractivity contribution < 1.29 is 4.79 Å². The average Bonchev–Trinajstić information content (AvgIpc) is 3.08. The first-order valence-corrected chi connectivity index (χ1v) is 9.08. The molecular weight excluding hydrogens is 308 g/mol. The van der Waals surface area contributed by atoms with Gasteiger partial charge in [0.05, 0.1) is 0 Å². The van der Waals surface area contributed by atoms with Crippen LogP contribution in [0.4, 0.5) is 0 Å². The van der Waals surface area contributed by atoms with Crippen molar-refractivity contribution in [1.29, 1.82) is 0 Å². The van der Waals surface area contributed by atoms with Gasteiger partial charge in [-0.2, -0.15) is 0 Å². The zero-order valence-electron chi connectivity index (χ0n) is 15.6. The lowest BCUT2D eigenvalue weighted by atomic mass is 9.91. The molecule has 3 rings (SSSR count). The van der Waals surface area contributed by atoms with Gasteiger partial charge in [0.15, 0.2) is 0 Å². The summed E-state index contributed by atoms with van der Waals surface area (Å²) in [5, 5.41) is 0. The van der Waals surface area contributed by atoms with Gasteiger partial charge in [-0.15, -0.1) is 0 Å². The van der Waals surface area contributed by atoms with Crippen LogP contribution >= 0.6 is 0 Å². The number of likely N-dealkylation sites (N-methyl/N-ethyl adjacent to an activating group) is 1. The van der Waals surface area contributed by atoms with Gasteiger partial charge in [0.1, 0.15) is 0 Å². The zero-order valence-corrected chi connectivity index (χ0v) is 15.6. The summed E-state index contributed by atoms with van der Waals surface area (Å²) >= 11 is 0. The van der Waals surface area contributed by atoms with Crippen molar-refractivity contribution in [1.82, 2.24) is 9.80 Å². The van der Waals surface area contributed by atoms with Crippen molar-refractivity contribution in [2.45, 2.75) is 19.9 Å². The van der Waals surface area contributed by atoms with Crippen LogP contribution in [0, 0.1) is 11.8 Å². The first kappa shape index (κ1) is 17.7. The molecule has 0 radical (unpaired) electrons. The monoisotopic (exact) mass is 336 g/mol. The van der Waals surface area contributed by atoms with Gasteiger partial charge in [-0.05, 0) is 49.2 Å². The second kappa shape index (κ2) is 7.40. The van der Waals surface area contributed by atoms with Gasteiger partial charge in [0, 0.05) is 24.7 Å². The fourth-order valence-corrected chi connectivity index (χ4v) is 3.82. The molecule has 1 fully saturated rings. The predicted molar refractivity (Wildman–Crippen MR) is 104 cm³/mol. The highest BCUT2D eigenvalue weighted by Gasteiger charge is 2.38. The van der Waals surface area contributed by atoms with Crippen LogP contribution in [0.2, 0.25) is 0 Å². The van der Waals surface area contributed by atoms with E-state index in [4.69, 9.17) is 0 Å². The maximum absolute atomic E-state index is 13.1. The molecule has 2 unspecified atom stereocenters. The standard InChI is InChI=1S/C22H28N2O/c1-16(2)20-14-24(15-21(20)23(3)4)22(25)19-12-8-11-18(13-19)17-9-6-5-7-10-17/h5-13,16,20-21H,14-15H2,1-4H3. The van der Waals surface area contributed by atoms with Crippen LogP contribution in [0.3, 0.4) is 0 Å². The van der Waals surface area contributed by atoms with Crippen molar-refractivity contribution in [2.75, 3.05) is 27.2 Å². The molecule has 0 spiro atoms. The molecule has 3 nitrogen and oxygen atoms in total. The Labute approximate surface area is 151 Å². The van der Waals surface area contributed by atoms with Crippen molar-refractivity contribution in [3.8, 4) is 11.1 Å². The summed E-state index contributed by atoms with van der Waals surface area (Å²) in [5.41, 5.74) is 3.02. The summed E-state index contributed by atoms with van der Waals surface area (Å²) in [5.74, 6) is 1.24. The predicted octanol–water partition coefficient (Wildman–Crippen LogP) is 4.01. The van der Waals surface area contributed by atoms with Gasteiger partial charge in [-0.25, -0.2) is 0 Å². The number of carbonyl (C=O) groups is 1. The van der Waals surface area contributed by atoms with Crippen LogP contribution in [-0.4, -0.2) is 48.9 Å². The smallest absolute Gasteiger partial charge is 0.253 e. The van der Waals surface area contributed by atoms with Gasteiger partial charge in [0.2, 0.25) is 0 Å². The molecule has 1 aliphatic rings. The lowest BCUT2D eigenvalue weighted by Crippen LogP contribution is -2.37. The van der Waals surface area contributed by atoms with Crippen LogP contribution in [0.1, 0.15) is 24.2 Å². The van der Waals surface area contributed by atoms with Crippen molar-refractivity contribution in [2.24, 2.45) is 11.8 Å². The Morgan fingerprint density at radius 2 is 1.68 bits per heavy atom. The maximum Gasteiger partial charge on any atom is 0.253 e. The van der Waals surface area contributed by atoms with E-state index < -0.39 is 0 Å². The van der Waals surface area contributed by atoms with E-state index in [0.717, 1.165) is 29.8 Å². The van der Waals surface area contributed by atoms with Crippen LogP contribution in [0.5, 0.6) is 0 Å². The van der Waals surface area contributed by atoms with Crippen LogP contribution < -0.4 is 0 Å². The van der Waals surface area contributed by atoms with Gasteiger partial charge in [-0.3, -0.25) is 4.79 Å². The molecular formula is C22H28N2O. The molecule has 2 aromatic rings. The lowest BCUT2D eigenvalue weighted by molar-refractivity contribution is 0.0780. The van der Waals surface area contributed by atoms with Gasteiger partial charge >= 0.3 is 0 Å². The molecule has 0 N–H and O–H groups in total. The number of rotatable bonds is 4. The number of hydrogen-bond donors (Lipinski definition) is 0. The molecule has 1 saturated heterocycles. The fourth-order valence-electron chi connectivity index (χ4n) is 3.82. The number of nitrogens with zero attached hydrogens (tertiary/aromatic N) is 2. The minimum absolute atomic E-state index is 0.146. The van der Waals surface area contributed by atoms with Gasteiger partial charge < -0.3 is 9.80 Å². The molecule has 1 heterocycles. The Morgan fingerprint density at radius 1 is 1.00 bits per heavy atom. The number of amides is 1. The Bertz CT molecular complexity index is 708. The second-order valence-corrected chi connectivity index (χ2v) is 7.60. The van der Waals surface area contributed by atoms with E-state index in [1.54, 1.807) is 0 Å². The summed E-state index contributed by atoms with van der Waals surface area (Å²) < 4.78 is 0. The molecule has 2 atom stereocenters. The molecule has 1 aliphatic heterocycles. The van der Waals surface area contributed by atoms with E-state index >= 15 is 0 Å². The fraction of sp³-hybridized carbons (Fsp3) is 0.409. The summed E-state index contributed by atoms with van der Waals surface area (Å²) in [6, 6.07) is 18.7. The van der Waals surface area contributed by atoms with Crippen molar-refractivity contribution in [3.63, 3.8) is 0 Å². The van der Waals surface area contributed by atoms with E-state index in [9.17, 15) is 4.79 Å². The molecule has 2 aromatic carbocycles. The first-order valence-electron chi connectivity index (χ1n) is 9.08. The molecule has 132 valence electrons. The Balaban J connectivity index is 1.82. The SMILES string of the molecule is CC(C)C1CN(C(=O)c2cccc(-c3ccccc3)c2)CC1N(C)C. The molecule has 3 heteroatoms. The largest absolute Gasteiger partial charge is 0.337 e. The van der Waals surface area contributed by atoms with E-state index in [2.05, 4.69) is 51.0 Å². The first-order chi connectivity index (χ1) is 12.0. The van der Waals surface area contributed by atoms with E-state index in [-0.39, 0.29) is 5.91 Å². The van der Waals surface area contributed by atoms with Gasteiger partial charge in [-0.1, -0.05) is 56.3 Å². The van der Waals surface area contributed by atoms with Crippen molar-refractivity contribution in [3.05, 3.63) is 60.2 Å². The maximum atomic E-state index is 13.1. The molecule has 0 bridgehead atoms. The minimum Gasteiger partial charge on any atom is -0.337 e. The number of carbonyl (C=O) groups excluding carboxylic acids is 1. The minimum atomic E-state index is 0.146. The number of benzene rings is 2. The summed E-state index contributed by atoms with van der Waals surface area (Å²) in [7, 11) is 4.23. The quantitative estimate of drug-likeness (QED) is 0.842. The topological polar surface area (TPSA) is 23.6 Å². The molecule has 1 amide bonds. The molecule has 0 saturated carbocycles. The summed E-state index contributed by atoms with van der Waals surface area (Å²) in [6.07, 6.45) is 0. The lowest BCUT2D eigenvalue weighted by Gasteiger charge is -2.27. The average molecular weight is 336 g/mol. The third kappa shape index (κ3) is 3.77. The highest BCUT2D eigenvalue weighted by molar-refractivity contribution is 5.95. The molecule has 25 heavy (non-hydrogen) atoms. The Kier molecular flexibility index (Phi) is 5.24.